The molecular weight excluding hydrogens is 290 g/mol. The zero-order chi connectivity index (χ0) is 16.1. The minimum Gasteiger partial charge on any atom is -0.494 e. The second-order valence-electron chi connectivity index (χ2n) is 4.95. The number of nitrogens with zero attached hydrogens (tertiary/aromatic N) is 1. The molecule has 2 N–H and O–H groups in total. The van der Waals surface area contributed by atoms with Gasteiger partial charge in [-0.05, 0) is 42.8 Å². The molecular formula is C18H17N3O2. The van der Waals surface area contributed by atoms with Crippen LogP contribution in [0.3, 0.4) is 0 Å². The van der Waals surface area contributed by atoms with Gasteiger partial charge in [-0.25, -0.2) is 5.43 Å². The van der Waals surface area contributed by atoms with Crippen molar-refractivity contribution >= 4 is 23.0 Å². The molecule has 1 amide bonds. The molecule has 0 saturated heterocycles. The molecule has 0 aliphatic rings. The maximum absolute atomic E-state index is 12.2. The van der Waals surface area contributed by atoms with E-state index >= 15 is 0 Å². The van der Waals surface area contributed by atoms with E-state index in [2.05, 4.69) is 15.5 Å². The van der Waals surface area contributed by atoms with Gasteiger partial charge >= 0.3 is 0 Å². The average Bonchev–Trinajstić information content (AvgIpc) is 3.01. The highest BCUT2D eigenvalue weighted by Crippen LogP contribution is 2.17. The SMILES string of the molecule is CCOc1ccc(C=NNC(=O)c2c[nH]c3ccccc23)cc1. The van der Waals surface area contributed by atoms with E-state index < -0.39 is 0 Å². The number of hydrogen-bond donors (Lipinski definition) is 2. The fraction of sp³-hybridized carbons (Fsp3) is 0.111. The standard InChI is InChI=1S/C18H17N3O2/c1-2-23-14-9-7-13(8-10-14)11-20-21-18(22)16-12-19-17-6-4-3-5-15(16)17/h3-12,19H,2H2,1H3,(H,21,22). The first kappa shape index (κ1) is 14.8. The van der Waals surface area contributed by atoms with Crippen molar-refractivity contribution in [3.05, 3.63) is 65.9 Å². The zero-order valence-electron chi connectivity index (χ0n) is 12.7. The average molecular weight is 307 g/mol. The van der Waals surface area contributed by atoms with Gasteiger partial charge in [-0.15, -0.1) is 0 Å². The number of benzene rings is 2. The Morgan fingerprint density at radius 1 is 1.22 bits per heavy atom. The molecule has 0 unspecified atom stereocenters. The van der Waals surface area contributed by atoms with Crippen LogP contribution in [0.1, 0.15) is 22.8 Å². The van der Waals surface area contributed by atoms with Crippen LogP contribution >= 0.6 is 0 Å². The van der Waals surface area contributed by atoms with Crippen LogP contribution in [-0.2, 0) is 0 Å². The summed E-state index contributed by atoms with van der Waals surface area (Å²) in [7, 11) is 0. The molecule has 1 aromatic heterocycles. The number of hydrogen-bond acceptors (Lipinski definition) is 3. The highest BCUT2D eigenvalue weighted by Gasteiger charge is 2.10. The van der Waals surface area contributed by atoms with Gasteiger partial charge in [0, 0.05) is 17.1 Å². The van der Waals surface area contributed by atoms with E-state index in [9.17, 15) is 4.79 Å². The van der Waals surface area contributed by atoms with Crippen molar-refractivity contribution in [3.8, 4) is 5.75 Å². The summed E-state index contributed by atoms with van der Waals surface area (Å²) in [5, 5.41) is 4.88. The molecule has 0 saturated carbocycles. The topological polar surface area (TPSA) is 66.5 Å². The summed E-state index contributed by atoms with van der Waals surface area (Å²) >= 11 is 0. The predicted molar refractivity (Wildman–Crippen MR) is 91.0 cm³/mol. The van der Waals surface area contributed by atoms with Crippen molar-refractivity contribution in [2.75, 3.05) is 6.61 Å². The fourth-order valence-electron chi connectivity index (χ4n) is 2.30. The summed E-state index contributed by atoms with van der Waals surface area (Å²) < 4.78 is 5.38. The van der Waals surface area contributed by atoms with E-state index in [0.717, 1.165) is 22.2 Å². The highest BCUT2D eigenvalue weighted by molar-refractivity contribution is 6.06. The van der Waals surface area contributed by atoms with E-state index in [4.69, 9.17) is 4.74 Å². The summed E-state index contributed by atoms with van der Waals surface area (Å²) in [5.74, 6) is 0.567. The Morgan fingerprint density at radius 2 is 2.00 bits per heavy atom. The number of fused-ring (bicyclic) bond motifs is 1. The Morgan fingerprint density at radius 3 is 2.78 bits per heavy atom. The number of hydrazone groups is 1. The van der Waals surface area contributed by atoms with Gasteiger partial charge < -0.3 is 9.72 Å². The molecule has 3 aromatic rings. The van der Waals surface area contributed by atoms with E-state index in [1.165, 1.54) is 0 Å². The molecule has 3 rings (SSSR count). The van der Waals surface area contributed by atoms with Crippen LogP contribution in [0.15, 0.2) is 59.8 Å². The molecule has 116 valence electrons. The first-order chi connectivity index (χ1) is 11.3. The van der Waals surface area contributed by atoms with E-state index in [1.54, 1.807) is 12.4 Å². The quantitative estimate of drug-likeness (QED) is 0.561. The van der Waals surface area contributed by atoms with E-state index in [-0.39, 0.29) is 5.91 Å². The van der Waals surface area contributed by atoms with Crippen molar-refractivity contribution < 1.29 is 9.53 Å². The fourth-order valence-corrected chi connectivity index (χ4v) is 2.30. The number of ether oxygens (including phenoxy) is 1. The first-order valence-corrected chi connectivity index (χ1v) is 7.40. The van der Waals surface area contributed by atoms with Crippen LogP contribution in [0, 0.1) is 0 Å². The summed E-state index contributed by atoms with van der Waals surface area (Å²) in [6.07, 6.45) is 3.29. The number of aromatic nitrogens is 1. The third-order valence-corrected chi connectivity index (χ3v) is 3.40. The van der Waals surface area contributed by atoms with Crippen molar-refractivity contribution in [2.24, 2.45) is 5.10 Å². The number of rotatable bonds is 5. The number of para-hydroxylation sites is 1. The lowest BCUT2D eigenvalue weighted by atomic mass is 10.2. The normalized spacial score (nSPS) is 11.0. The number of carbonyl (C=O) groups excluding carboxylic acids is 1. The summed E-state index contributed by atoms with van der Waals surface area (Å²) in [4.78, 5) is 15.3. The Labute approximate surface area is 134 Å². The van der Waals surface area contributed by atoms with Crippen LogP contribution in [0.4, 0.5) is 0 Å². The summed E-state index contributed by atoms with van der Waals surface area (Å²) in [5.41, 5.74) is 4.92. The van der Waals surface area contributed by atoms with Crippen molar-refractivity contribution in [1.29, 1.82) is 0 Å². The maximum Gasteiger partial charge on any atom is 0.273 e. The molecule has 23 heavy (non-hydrogen) atoms. The molecule has 0 spiro atoms. The van der Waals surface area contributed by atoms with Gasteiger partial charge in [0.1, 0.15) is 5.75 Å². The number of aromatic amines is 1. The minimum absolute atomic E-state index is 0.246. The lowest BCUT2D eigenvalue weighted by Crippen LogP contribution is -2.17. The minimum atomic E-state index is -0.246. The van der Waals surface area contributed by atoms with Gasteiger partial charge in [0.25, 0.3) is 5.91 Å². The predicted octanol–water partition coefficient (Wildman–Crippen LogP) is 3.33. The number of carbonyl (C=O) groups is 1. The molecule has 0 aliphatic heterocycles. The van der Waals surface area contributed by atoms with Gasteiger partial charge in [-0.3, -0.25) is 4.79 Å². The summed E-state index contributed by atoms with van der Waals surface area (Å²) in [6.45, 7) is 2.57. The lowest BCUT2D eigenvalue weighted by molar-refractivity contribution is 0.0957. The molecule has 1 heterocycles. The maximum atomic E-state index is 12.2. The molecule has 2 aromatic carbocycles. The van der Waals surface area contributed by atoms with Crippen molar-refractivity contribution in [2.45, 2.75) is 6.92 Å². The number of nitrogens with one attached hydrogen (secondary N) is 2. The van der Waals surface area contributed by atoms with E-state index in [1.807, 2.05) is 55.5 Å². The van der Waals surface area contributed by atoms with Crippen LogP contribution in [0.25, 0.3) is 10.9 Å². The van der Waals surface area contributed by atoms with Crippen LogP contribution in [0.5, 0.6) is 5.75 Å². The monoisotopic (exact) mass is 307 g/mol. The lowest BCUT2D eigenvalue weighted by Gasteiger charge is -2.02. The van der Waals surface area contributed by atoms with Gasteiger partial charge in [0.05, 0.1) is 18.4 Å². The van der Waals surface area contributed by atoms with Gasteiger partial charge in [-0.1, -0.05) is 18.2 Å². The third-order valence-electron chi connectivity index (χ3n) is 3.40. The third kappa shape index (κ3) is 3.40. The van der Waals surface area contributed by atoms with Gasteiger partial charge in [0.15, 0.2) is 0 Å². The van der Waals surface area contributed by atoms with Crippen LogP contribution in [-0.4, -0.2) is 23.7 Å². The highest BCUT2D eigenvalue weighted by atomic mass is 16.5. The van der Waals surface area contributed by atoms with Crippen molar-refractivity contribution in [1.82, 2.24) is 10.4 Å². The molecule has 0 fully saturated rings. The van der Waals surface area contributed by atoms with Crippen LogP contribution < -0.4 is 10.2 Å². The second-order valence-corrected chi connectivity index (χ2v) is 4.95. The Kier molecular flexibility index (Phi) is 4.38. The molecule has 5 nitrogen and oxygen atoms in total. The molecule has 0 bridgehead atoms. The van der Waals surface area contributed by atoms with Crippen molar-refractivity contribution in [3.63, 3.8) is 0 Å². The molecule has 0 aliphatic carbocycles. The Bertz CT molecular complexity index is 835. The largest absolute Gasteiger partial charge is 0.494 e. The number of amides is 1. The van der Waals surface area contributed by atoms with Gasteiger partial charge in [0.2, 0.25) is 0 Å². The smallest absolute Gasteiger partial charge is 0.273 e. The molecule has 0 radical (unpaired) electrons. The molecule has 0 atom stereocenters. The Balaban J connectivity index is 1.66. The van der Waals surface area contributed by atoms with E-state index in [0.29, 0.717) is 12.2 Å². The number of H-pyrrole nitrogens is 1. The molecule has 5 heteroatoms. The second kappa shape index (κ2) is 6.79. The summed E-state index contributed by atoms with van der Waals surface area (Å²) in [6, 6.07) is 15.1. The van der Waals surface area contributed by atoms with Crippen LogP contribution in [0.2, 0.25) is 0 Å². The first-order valence-electron chi connectivity index (χ1n) is 7.40. The Hall–Kier alpha value is -3.08. The van der Waals surface area contributed by atoms with Gasteiger partial charge in [-0.2, -0.15) is 5.10 Å². The zero-order valence-corrected chi connectivity index (χ0v) is 12.7.